The van der Waals surface area contributed by atoms with E-state index in [4.69, 9.17) is 15.7 Å². The zero-order valence-corrected chi connectivity index (χ0v) is 11.3. The molecule has 0 heterocycles. The van der Waals surface area contributed by atoms with Gasteiger partial charge in [-0.15, -0.1) is 0 Å². The maximum atomic E-state index is 12.4. The lowest BCUT2D eigenvalue weighted by atomic mass is 10.1. The number of amidine groups is 1. The molecular weight excluding hydrogens is 246 g/mol. The number of hydrogen-bond donors (Lipinski definition) is 2. The summed E-state index contributed by atoms with van der Waals surface area (Å²) < 4.78 is 5.09. The van der Waals surface area contributed by atoms with Gasteiger partial charge in [0, 0.05) is 11.6 Å². The van der Waals surface area contributed by atoms with E-state index in [0.717, 1.165) is 0 Å². The summed E-state index contributed by atoms with van der Waals surface area (Å²) in [6.45, 7) is 3.80. The Labute approximate surface area is 112 Å². The molecule has 6 heteroatoms. The van der Waals surface area contributed by atoms with Crippen molar-refractivity contribution in [3.8, 4) is 5.75 Å². The molecule has 19 heavy (non-hydrogen) atoms. The molecule has 0 spiro atoms. The Morgan fingerprint density at radius 1 is 1.53 bits per heavy atom. The van der Waals surface area contributed by atoms with Crippen LogP contribution in [-0.2, 0) is 0 Å². The van der Waals surface area contributed by atoms with Crippen molar-refractivity contribution in [2.24, 2.45) is 10.9 Å². The molecule has 1 amide bonds. The summed E-state index contributed by atoms with van der Waals surface area (Å²) in [4.78, 5) is 13.9. The minimum absolute atomic E-state index is 0.00931. The minimum atomic E-state index is -0.194. The summed E-state index contributed by atoms with van der Waals surface area (Å²) >= 11 is 0. The van der Waals surface area contributed by atoms with E-state index in [1.165, 1.54) is 4.90 Å². The van der Waals surface area contributed by atoms with Crippen LogP contribution in [0.1, 0.15) is 24.2 Å². The van der Waals surface area contributed by atoms with Gasteiger partial charge in [0.15, 0.2) is 5.84 Å². The van der Waals surface area contributed by atoms with Crippen molar-refractivity contribution in [3.05, 3.63) is 29.8 Å². The third-order valence-corrected chi connectivity index (χ3v) is 2.66. The zero-order chi connectivity index (χ0) is 14.4. The SMILES string of the molecule is COc1cccc(C(=O)N(CC(N)=NO)C(C)C)c1. The first-order valence-electron chi connectivity index (χ1n) is 5.91. The average Bonchev–Trinajstić information content (AvgIpc) is 2.43. The predicted octanol–water partition coefficient (Wildman–Crippen LogP) is 1.29. The van der Waals surface area contributed by atoms with Gasteiger partial charge in [0.2, 0.25) is 0 Å². The molecule has 0 unspecified atom stereocenters. The second kappa shape index (κ2) is 6.63. The van der Waals surface area contributed by atoms with Gasteiger partial charge in [0.25, 0.3) is 5.91 Å². The van der Waals surface area contributed by atoms with Gasteiger partial charge >= 0.3 is 0 Å². The standard InChI is InChI=1S/C13H19N3O3/c1-9(2)16(8-12(14)15-18)13(17)10-5-4-6-11(7-10)19-3/h4-7,9,18H,8H2,1-3H3,(H2,14,15). The smallest absolute Gasteiger partial charge is 0.254 e. The fraction of sp³-hybridized carbons (Fsp3) is 0.385. The normalized spacial score (nSPS) is 11.5. The number of amides is 1. The number of nitrogens with zero attached hydrogens (tertiary/aromatic N) is 2. The van der Waals surface area contributed by atoms with E-state index in [1.54, 1.807) is 31.4 Å². The number of ether oxygens (including phenoxy) is 1. The van der Waals surface area contributed by atoms with Crippen LogP contribution in [-0.4, -0.2) is 41.5 Å². The summed E-state index contributed by atoms with van der Waals surface area (Å²) in [7, 11) is 1.54. The molecule has 6 nitrogen and oxygen atoms in total. The summed E-state index contributed by atoms with van der Waals surface area (Å²) in [5.74, 6) is 0.406. The molecular formula is C13H19N3O3. The molecule has 0 bridgehead atoms. The van der Waals surface area contributed by atoms with Gasteiger partial charge in [-0.25, -0.2) is 0 Å². The van der Waals surface area contributed by atoms with Crippen molar-refractivity contribution < 1.29 is 14.7 Å². The number of nitrogens with two attached hydrogens (primary N) is 1. The third-order valence-electron chi connectivity index (χ3n) is 2.66. The fourth-order valence-corrected chi connectivity index (χ4v) is 1.62. The topological polar surface area (TPSA) is 88.2 Å². The highest BCUT2D eigenvalue weighted by molar-refractivity contribution is 5.97. The molecule has 1 aromatic carbocycles. The van der Waals surface area contributed by atoms with E-state index in [-0.39, 0.29) is 24.3 Å². The molecule has 1 aromatic rings. The molecule has 0 saturated heterocycles. The molecule has 0 atom stereocenters. The van der Waals surface area contributed by atoms with Gasteiger partial charge in [0.05, 0.1) is 13.7 Å². The number of carbonyl (C=O) groups excluding carboxylic acids is 1. The quantitative estimate of drug-likeness (QED) is 0.363. The number of carbonyl (C=O) groups is 1. The van der Waals surface area contributed by atoms with E-state index in [2.05, 4.69) is 5.16 Å². The van der Waals surface area contributed by atoms with E-state index < -0.39 is 0 Å². The van der Waals surface area contributed by atoms with E-state index in [9.17, 15) is 4.79 Å². The van der Waals surface area contributed by atoms with Crippen molar-refractivity contribution in [1.29, 1.82) is 0 Å². The Bertz CT molecular complexity index is 472. The second-order valence-electron chi connectivity index (χ2n) is 4.35. The Hall–Kier alpha value is -2.24. The molecule has 3 N–H and O–H groups in total. The van der Waals surface area contributed by atoms with Crippen LogP contribution in [0.4, 0.5) is 0 Å². The first-order chi connectivity index (χ1) is 8.99. The monoisotopic (exact) mass is 265 g/mol. The van der Waals surface area contributed by atoms with Crippen LogP contribution >= 0.6 is 0 Å². The Kier molecular flexibility index (Phi) is 5.17. The molecule has 0 aliphatic carbocycles. The average molecular weight is 265 g/mol. The number of rotatable bonds is 5. The van der Waals surface area contributed by atoms with Crippen molar-refractivity contribution in [3.63, 3.8) is 0 Å². The maximum Gasteiger partial charge on any atom is 0.254 e. The first-order valence-corrected chi connectivity index (χ1v) is 5.91. The molecule has 0 fully saturated rings. The van der Waals surface area contributed by atoms with E-state index in [0.29, 0.717) is 11.3 Å². The lowest BCUT2D eigenvalue weighted by Crippen LogP contribution is -2.42. The second-order valence-corrected chi connectivity index (χ2v) is 4.35. The molecule has 1 rings (SSSR count). The van der Waals surface area contributed by atoms with Crippen molar-refractivity contribution in [2.75, 3.05) is 13.7 Å². The Morgan fingerprint density at radius 3 is 2.74 bits per heavy atom. The van der Waals surface area contributed by atoms with Gasteiger partial charge in [-0.05, 0) is 32.0 Å². The summed E-state index contributed by atoms with van der Waals surface area (Å²) in [5, 5.41) is 11.5. The third kappa shape index (κ3) is 3.87. The molecule has 104 valence electrons. The van der Waals surface area contributed by atoms with Crippen LogP contribution < -0.4 is 10.5 Å². The van der Waals surface area contributed by atoms with E-state index >= 15 is 0 Å². The van der Waals surface area contributed by atoms with Crippen molar-refractivity contribution in [1.82, 2.24) is 4.90 Å². The van der Waals surface area contributed by atoms with Crippen LogP contribution in [0.2, 0.25) is 0 Å². The lowest BCUT2D eigenvalue weighted by Gasteiger charge is -2.26. The predicted molar refractivity (Wildman–Crippen MR) is 72.6 cm³/mol. The first kappa shape index (κ1) is 14.8. The highest BCUT2D eigenvalue weighted by atomic mass is 16.5. The van der Waals surface area contributed by atoms with Crippen LogP contribution in [0, 0.1) is 0 Å². The summed E-state index contributed by atoms with van der Waals surface area (Å²) in [6, 6.07) is 6.80. The largest absolute Gasteiger partial charge is 0.497 e. The van der Waals surface area contributed by atoms with Gasteiger partial charge in [0.1, 0.15) is 5.75 Å². The number of hydrogen-bond acceptors (Lipinski definition) is 4. The molecule has 0 radical (unpaired) electrons. The van der Waals surface area contributed by atoms with Crippen molar-refractivity contribution >= 4 is 11.7 Å². The fourth-order valence-electron chi connectivity index (χ4n) is 1.62. The van der Waals surface area contributed by atoms with Crippen LogP contribution in [0.3, 0.4) is 0 Å². The number of oxime groups is 1. The van der Waals surface area contributed by atoms with E-state index in [1.807, 2.05) is 13.8 Å². The highest BCUT2D eigenvalue weighted by Gasteiger charge is 2.20. The number of benzene rings is 1. The molecule has 0 saturated carbocycles. The van der Waals surface area contributed by atoms with Gasteiger partial charge in [-0.3, -0.25) is 4.79 Å². The maximum absolute atomic E-state index is 12.4. The highest BCUT2D eigenvalue weighted by Crippen LogP contribution is 2.15. The molecule has 0 aliphatic heterocycles. The van der Waals surface area contributed by atoms with Gasteiger partial charge in [-0.2, -0.15) is 0 Å². The van der Waals surface area contributed by atoms with Crippen LogP contribution in [0.5, 0.6) is 5.75 Å². The summed E-state index contributed by atoms with van der Waals surface area (Å²) in [6.07, 6.45) is 0. The van der Waals surface area contributed by atoms with Gasteiger partial charge in [-0.1, -0.05) is 11.2 Å². The molecule has 0 aromatic heterocycles. The number of methoxy groups -OCH3 is 1. The Morgan fingerprint density at radius 2 is 2.21 bits per heavy atom. The van der Waals surface area contributed by atoms with Gasteiger partial charge < -0.3 is 20.6 Å². The summed E-state index contributed by atoms with van der Waals surface area (Å²) in [5.41, 5.74) is 5.96. The van der Waals surface area contributed by atoms with Crippen LogP contribution in [0.25, 0.3) is 0 Å². The van der Waals surface area contributed by atoms with Crippen molar-refractivity contribution in [2.45, 2.75) is 19.9 Å². The minimum Gasteiger partial charge on any atom is -0.497 e. The zero-order valence-electron chi connectivity index (χ0n) is 11.3. The molecule has 0 aliphatic rings. The Balaban J connectivity index is 2.98. The lowest BCUT2D eigenvalue weighted by molar-refractivity contribution is 0.0733. The van der Waals surface area contributed by atoms with Crippen LogP contribution in [0.15, 0.2) is 29.4 Å².